The normalized spacial score (nSPS) is 15.8. The van der Waals surface area contributed by atoms with Gasteiger partial charge < -0.3 is 19.7 Å². The molecule has 0 radical (unpaired) electrons. The third-order valence-electron chi connectivity index (χ3n) is 3.57. The van der Waals surface area contributed by atoms with Crippen molar-refractivity contribution in [2.45, 2.75) is 25.8 Å². The van der Waals surface area contributed by atoms with Gasteiger partial charge in [0.25, 0.3) is 0 Å². The van der Waals surface area contributed by atoms with Gasteiger partial charge in [-0.3, -0.25) is 4.79 Å². The largest absolute Gasteiger partial charge is 0.497 e. The molecule has 0 aliphatic carbocycles. The van der Waals surface area contributed by atoms with Crippen LogP contribution in [-0.2, 0) is 4.79 Å². The molecule has 0 bridgehead atoms. The summed E-state index contributed by atoms with van der Waals surface area (Å²) in [6.07, 6.45) is 2.20. The minimum atomic E-state index is -0.283. The van der Waals surface area contributed by atoms with Crippen molar-refractivity contribution in [3.05, 3.63) is 18.2 Å². The van der Waals surface area contributed by atoms with Gasteiger partial charge in [0.05, 0.1) is 19.9 Å². The Labute approximate surface area is 119 Å². The van der Waals surface area contributed by atoms with Crippen molar-refractivity contribution in [2.24, 2.45) is 0 Å². The number of carbonyl (C=O) groups is 1. The van der Waals surface area contributed by atoms with Gasteiger partial charge in [-0.2, -0.15) is 0 Å². The molecule has 1 fully saturated rings. The van der Waals surface area contributed by atoms with Crippen LogP contribution in [0.3, 0.4) is 0 Å². The quantitative estimate of drug-likeness (QED) is 0.896. The first-order chi connectivity index (χ1) is 9.65. The van der Waals surface area contributed by atoms with Crippen molar-refractivity contribution in [1.29, 1.82) is 0 Å². The van der Waals surface area contributed by atoms with Crippen molar-refractivity contribution in [2.75, 3.05) is 32.6 Å². The lowest BCUT2D eigenvalue weighted by Crippen LogP contribution is -2.39. The molecule has 1 amide bonds. The molecule has 0 saturated carbocycles. The highest BCUT2D eigenvalue weighted by Gasteiger charge is 2.23. The van der Waals surface area contributed by atoms with E-state index in [2.05, 4.69) is 5.32 Å². The van der Waals surface area contributed by atoms with Crippen LogP contribution in [0.15, 0.2) is 18.2 Å². The van der Waals surface area contributed by atoms with Crippen LogP contribution in [0.4, 0.5) is 5.69 Å². The van der Waals surface area contributed by atoms with E-state index in [1.54, 1.807) is 14.2 Å². The van der Waals surface area contributed by atoms with Crippen LogP contribution < -0.4 is 14.8 Å². The number of amides is 1. The first kappa shape index (κ1) is 14.5. The fourth-order valence-corrected chi connectivity index (χ4v) is 2.43. The molecule has 1 unspecified atom stereocenters. The highest BCUT2D eigenvalue weighted by atomic mass is 16.5. The van der Waals surface area contributed by atoms with E-state index >= 15 is 0 Å². The lowest BCUT2D eigenvalue weighted by Gasteiger charge is -2.23. The van der Waals surface area contributed by atoms with Gasteiger partial charge in [-0.05, 0) is 31.9 Å². The molecule has 20 heavy (non-hydrogen) atoms. The Bertz CT molecular complexity index is 470. The molecular weight excluding hydrogens is 256 g/mol. The number of hydrogen-bond acceptors (Lipinski definition) is 4. The first-order valence-electron chi connectivity index (χ1n) is 6.93. The SMILES string of the molecule is COc1ccc(OC)c(NC(C)C(=O)N2CCCC2)c1. The van der Waals surface area contributed by atoms with E-state index in [1.165, 1.54) is 0 Å². The Morgan fingerprint density at radius 2 is 1.95 bits per heavy atom. The number of hydrogen-bond donors (Lipinski definition) is 1. The van der Waals surface area contributed by atoms with Gasteiger partial charge in [-0.25, -0.2) is 0 Å². The van der Waals surface area contributed by atoms with Crippen LogP contribution in [0, 0.1) is 0 Å². The number of rotatable bonds is 5. The highest BCUT2D eigenvalue weighted by molar-refractivity contribution is 5.85. The Kier molecular flexibility index (Phi) is 4.71. The number of nitrogens with zero attached hydrogens (tertiary/aromatic N) is 1. The third-order valence-corrected chi connectivity index (χ3v) is 3.57. The highest BCUT2D eigenvalue weighted by Crippen LogP contribution is 2.29. The summed E-state index contributed by atoms with van der Waals surface area (Å²) in [5.41, 5.74) is 0.770. The zero-order valence-corrected chi connectivity index (χ0v) is 12.3. The van der Waals surface area contributed by atoms with Gasteiger partial charge in [-0.15, -0.1) is 0 Å². The van der Waals surface area contributed by atoms with Crippen molar-refractivity contribution in [3.63, 3.8) is 0 Å². The number of anilines is 1. The predicted octanol–water partition coefficient (Wildman–Crippen LogP) is 2.13. The van der Waals surface area contributed by atoms with Gasteiger partial charge in [0.2, 0.25) is 5.91 Å². The van der Waals surface area contributed by atoms with Gasteiger partial charge in [0, 0.05) is 19.2 Å². The molecule has 110 valence electrons. The molecule has 1 heterocycles. The summed E-state index contributed by atoms with van der Waals surface area (Å²) in [4.78, 5) is 14.2. The fraction of sp³-hybridized carbons (Fsp3) is 0.533. The minimum Gasteiger partial charge on any atom is -0.497 e. The number of ether oxygens (including phenoxy) is 2. The molecule has 1 aliphatic rings. The molecule has 2 rings (SSSR count). The molecule has 0 aromatic heterocycles. The topological polar surface area (TPSA) is 50.8 Å². The maximum atomic E-state index is 12.3. The lowest BCUT2D eigenvalue weighted by molar-refractivity contribution is -0.130. The second-order valence-corrected chi connectivity index (χ2v) is 4.96. The molecule has 5 nitrogen and oxygen atoms in total. The first-order valence-corrected chi connectivity index (χ1v) is 6.93. The molecule has 1 saturated heterocycles. The smallest absolute Gasteiger partial charge is 0.244 e. The molecule has 1 aromatic rings. The van der Waals surface area contributed by atoms with E-state index in [0.29, 0.717) is 5.75 Å². The number of benzene rings is 1. The van der Waals surface area contributed by atoms with E-state index in [9.17, 15) is 4.79 Å². The summed E-state index contributed by atoms with van der Waals surface area (Å²) in [6.45, 7) is 3.60. The van der Waals surface area contributed by atoms with Crippen molar-refractivity contribution in [1.82, 2.24) is 4.90 Å². The molecule has 1 N–H and O–H groups in total. The average Bonchev–Trinajstić information content (AvgIpc) is 3.00. The number of likely N-dealkylation sites (tertiary alicyclic amines) is 1. The molecule has 1 atom stereocenters. The number of carbonyl (C=O) groups excluding carboxylic acids is 1. The second kappa shape index (κ2) is 6.50. The van der Waals surface area contributed by atoms with Crippen LogP contribution in [0.1, 0.15) is 19.8 Å². The van der Waals surface area contributed by atoms with Gasteiger partial charge >= 0.3 is 0 Å². The summed E-state index contributed by atoms with van der Waals surface area (Å²) in [7, 11) is 3.23. The Morgan fingerprint density at radius 1 is 1.25 bits per heavy atom. The van der Waals surface area contributed by atoms with E-state index in [4.69, 9.17) is 9.47 Å². The standard InChI is InChI=1S/C15H22N2O3/c1-11(15(18)17-8-4-5-9-17)16-13-10-12(19-2)6-7-14(13)20-3/h6-7,10-11,16H,4-5,8-9H2,1-3H3. The van der Waals surface area contributed by atoms with Crippen molar-refractivity contribution < 1.29 is 14.3 Å². The summed E-state index contributed by atoms with van der Waals surface area (Å²) < 4.78 is 10.5. The molecule has 5 heteroatoms. The number of methoxy groups -OCH3 is 2. The summed E-state index contributed by atoms with van der Waals surface area (Å²) >= 11 is 0. The van der Waals surface area contributed by atoms with Gasteiger partial charge in [0.1, 0.15) is 17.5 Å². The monoisotopic (exact) mass is 278 g/mol. The van der Waals surface area contributed by atoms with Crippen molar-refractivity contribution in [3.8, 4) is 11.5 Å². The molecular formula is C15H22N2O3. The van der Waals surface area contributed by atoms with Gasteiger partial charge in [0.15, 0.2) is 0 Å². The Balaban J connectivity index is 2.09. The summed E-state index contributed by atoms with van der Waals surface area (Å²) in [5.74, 6) is 1.56. The van der Waals surface area contributed by atoms with E-state index in [-0.39, 0.29) is 11.9 Å². The van der Waals surface area contributed by atoms with Crippen LogP contribution in [0.5, 0.6) is 11.5 Å². The summed E-state index contributed by atoms with van der Waals surface area (Å²) in [6, 6.07) is 5.21. The second-order valence-electron chi connectivity index (χ2n) is 4.96. The number of nitrogens with one attached hydrogen (secondary N) is 1. The predicted molar refractivity (Wildman–Crippen MR) is 78.4 cm³/mol. The molecule has 1 aliphatic heterocycles. The zero-order valence-electron chi connectivity index (χ0n) is 12.3. The average molecular weight is 278 g/mol. The molecule has 0 spiro atoms. The Morgan fingerprint density at radius 3 is 2.55 bits per heavy atom. The van der Waals surface area contributed by atoms with Crippen molar-refractivity contribution >= 4 is 11.6 Å². The van der Waals surface area contributed by atoms with E-state index in [1.807, 2.05) is 30.0 Å². The van der Waals surface area contributed by atoms with E-state index in [0.717, 1.165) is 37.4 Å². The maximum absolute atomic E-state index is 12.3. The fourth-order valence-electron chi connectivity index (χ4n) is 2.43. The van der Waals surface area contributed by atoms with Gasteiger partial charge in [-0.1, -0.05) is 0 Å². The van der Waals surface area contributed by atoms with Crippen LogP contribution in [0.2, 0.25) is 0 Å². The lowest BCUT2D eigenvalue weighted by atomic mass is 10.2. The summed E-state index contributed by atoms with van der Waals surface area (Å²) in [5, 5.41) is 3.22. The molecule has 1 aromatic carbocycles. The van der Waals surface area contributed by atoms with Crippen LogP contribution in [0.25, 0.3) is 0 Å². The van der Waals surface area contributed by atoms with Crippen LogP contribution in [-0.4, -0.2) is 44.2 Å². The van der Waals surface area contributed by atoms with Crippen LogP contribution >= 0.6 is 0 Å². The van der Waals surface area contributed by atoms with E-state index < -0.39 is 0 Å². The Hall–Kier alpha value is -1.91. The minimum absolute atomic E-state index is 0.132. The maximum Gasteiger partial charge on any atom is 0.244 e. The zero-order chi connectivity index (χ0) is 14.5. The third kappa shape index (κ3) is 3.15.